The first kappa shape index (κ1) is 8.31. The Balaban J connectivity index is 1.97. The first-order valence-corrected chi connectivity index (χ1v) is 5.30. The minimum Gasteiger partial charge on any atom is -0.408 e. The second-order valence-electron chi connectivity index (χ2n) is 5.64. The summed E-state index contributed by atoms with van der Waals surface area (Å²) in [5.74, 6) is 1.59. The molecule has 0 radical (unpaired) electrons. The van der Waals surface area contributed by atoms with E-state index in [4.69, 9.17) is 9.31 Å². The van der Waals surface area contributed by atoms with Gasteiger partial charge in [0.05, 0.1) is 11.7 Å². The Labute approximate surface area is 80.3 Å². The lowest BCUT2D eigenvalue weighted by molar-refractivity contribution is -0.199. The van der Waals surface area contributed by atoms with Crippen molar-refractivity contribution >= 4 is 7.69 Å². The summed E-state index contributed by atoms with van der Waals surface area (Å²) in [5, 5.41) is 0. The first-order valence-electron chi connectivity index (χ1n) is 5.30. The molecule has 1 saturated heterocycles. The normalized spacial score (nSPS) is 56.4. The summed E-state index contributed by atoms with van der Waals surface area (Å²) >= 11 is 0. The van der Waals surface area contributed by atoms with Gasteiger partial charge in [-0.1, -0.05) is 13.8 Å². The van der Waals surface area contributed by atoms with Crippen molar-refractivity contribution < 1.29 is 9.31 Å². The van der Waals surface area contributed by atoms with Gasteiger partial charge < -0.3 is 9.31 Å². The van der Waals surface area contributed by atoms with Gasteiger partial charge in [0.2, 0.25) is 0 Å². The Morgan fingerprint density at radius 3 is 2.69 bits per heavy atom. The Bertz CT molecular complexity index is 253. The van der Waals surface area contributed by atoms with Gasteiger partial charge in [-0.25, -0.2) is 0 Å². The quantitative estimate of drug-likeness (QED) is 0.526. The predicted octanol–water partition coefficient (Wildman–Crippen LogP) is 1.49. The molecule has 3 aliphatic carbocycles. The van der Waals surface area contributed by atoms with Crippen LogP contribution in [0.4, 0.5) is 0 Å². The molecule has 3 unspecified atom stereocenters. The fourth-order valence-electron chi connectivity index (χ4n) is 3.78. The average molecular weight is 180 g/mol. The van der Waals surface area contributed by atoms with Gasteiger partial charge in [-0.2, -0.15) is 0 Å². The van der Waals surface area contributed by atoms with Crippen molar-refractivity contribution in [2.24, 2.45) is 17.3 Å². The molecular weight excluding hydrogens is 163 g/mol. The van der Waals surface area contributed by atoms with Crippen molar-refractivity contribution in [2.75, 3.05) is 0 Å². The van der Waals surface area contributed by atoms with Crippen LogP contribution in [0.25, 0.3) is 0 Å². The summed E-state index contributed by atoms with van der Waals surface area (Å²) in [5.41, 5.74) is 0.511. The van der Waals surface area contributed by atoms with Crippen LogP contribution in [0.2, 0.25) is 0 Å². The lowest BCUT2D eigenvalue weighted by Gasteiger charge is -2.64. The number of hydrogen-bond donors (Lipinski definition) is 0. The molecule has 0 aromatic rings. The molecule has 4 rings (SSSR count). The lowest BCUT2D eigenvalue weighted by Crippen LogP contribution is -2.65. The van der Waals surface area contributed by atoms with Crippen molar-refractivity contribution in [3.63, 3.8) is 0 Å². The number of hydrogen-bond acceptors (Lipinski definition) is 2. The smallest absolute Gasteiger partial charge is 0.408 e. The van der Waals surface area contributed by atoms with E-state index in [-0.39, 0.29) is 5.60 Å². The molecule has 4 aliphatic rings. The van der Waals surface area contributed by atoms with E-state index in [2.05, 4.69) is 20.8 Å². The molecule has 13 heavy (non-hydrogen) atoms. The van der Waals surface area contributed by atoms with E-state index in [1.54, 1.807) is 0 Å². The van der Waals surface area contributed by atoms with Gasteiger partial charge >= 0.3 is 7.69 Å². The van der Waals surface area contributed by atoms with E-state index in [0.29, 0.717) is 25.1 Å². The average Bonchev–Trinajstić information content (AvgIpc) is 2.44. The van der Waals surface area contributed by atoms with Crippen molar-refractivity contribution in [2.45, 2.75) is 45.3 Å². The van der Waals surface area contributed by atoms with Crippen LogP contribution < -0.4 is 0 Å². The molecule has 0 aromatic carbocycles. The van der Waals surface area contributed by atoms with Crippen LogP contribution in [0, 0.1) is 17.3 Å². The van der Waals surface area contributed by atoms with E-state index in [1.165, 1.54) is 12.8 Å². The Morgan fingerprint density at radius 1 is 1.23 bits per heavy atom. The van der Waals surface area contributed by atoms with Crippen LogP contribution in [-0.2, 0) is 9.31 Å². The van der Waals surface area contributed by atoms with Gasteiger partial charge in [0.25, 0.3) is 0 Å². The van der Waals surface area contributed by atoms with Crippen molar-refractivity contribution in [1.29, 1.82) is 0 Å². The van der Waals surface area contributed by atoms with Gasteiger partial charge in [-0.3, -0.25) is 0 Å². The maximum atomic E-state index is 5.81. The molecule has 3 heteroatoms. The monoisotopic (exact) mass is 180 g/mol. The SMILES string of the molecule is CC1(C)C2CC1C1(C)OBO[C@@H]1C2. The van der Waals surface area contributed by atoms with Gasteiger partial charge in [0.15, 0.2) is 0 Å². The molecule has 2 bridgehead atoms. The van der Waals surface area contributed by atoms with Crippen LogP contribution in [0.1, 0.15) is 33.6 Å². The summed E-state index contributed by atoms with van der Waals surface area (Å²) in [4.78, 5) is 0. The zero-order chi connectivity index (χ0) is 9.27. The van der Waals surface area contributed by atoms with Gasteiger partial charge in [-0.15, -0.1) is 0 Å². The van der Waals surface area contributed by atoms with Gasteiger partial charge in [0.1, 0.15) is 0 Å². The number of rotatable bonds is 0. The van der Waals surface area contributed by atoms with Crippen molar-refractivity contribution in [1.82, 2.24) is 0 Å². The topological polar surface area (TPSA) is 18.5 Å². The Morgan fingerprint density at radius 2 is 2.00 bits per heavy atom. The zero-order valence-corrected chi connectivity index (χ0v) is 8.67. The highest BCUT2D eigenvalue weighted by atomic mass is 16.6. The molecule has 1 heterocycles. The molecule has 72 valence electrons. The summed E-state index contributed by atoms with van der Waals surface area (Å²) in [7, 11) is 0.514. The predicted molar refractivity (Wildman–Crippen MR) is 51.5 cm³/mol. The van der Waals surface area contributed by atoms with Crippen LogP contribution in [0.5, 0.6) is 0 Å². The second kappa shape index (κ2) is 2.14. The molecule has 4 fully saturated rings. The molecular formula is C10H17BO2. The molecule has 0 spiro atoms. The minimum absolute atomic E-state index is 0.0260. The van der Waals surface area contributed by atoms with E-state index in [9.17, 15) is 0 Å². The fourth-order valence-corrected chi connectivity index (χ4v) is 3.78. The van der Waals surface area contributed by atoms with E-state index in [0.717, 1.165) is 5.92 Å². The Kier molecular flexibility index (Phi) is 1.37. The van der Waals surface area contributed by atoms with E-state index >= 15 is 0 Å². The minimum atomic E-state index is 0.0260. The maximum Gasteiger partial charge on any atom is 0.438 e. The highest BCUT2D eigenvalue weighted by molar-refractivity contribution is 6.19. The lowest BCUT2D eigenvalue weighted by atomic mass is 9.43. The van der Waals surface area contributed by atoms with Gasteiger partial charge in [-0.05, 0) is 37.0 Å². The Hall–Kier alpha value is -0.0151. The second-order valence-corrected chi connectivity index (χ2v) is 5.64. The molecule has 2 nitrogen and oxygen atoms in total. The van der Waals surface area contributed by atoms with E-state index < -0.39 is 0 Å². The third-order valence-corrected chi connectivity index (χ3v) is 4.94. The molecule has 4 atom stereocenters. The van der Waals surface area contributed by atoms with Crippen LogP contribution >= 0.6 is 0 Å². The standard InChI is InChI=1S/C10H17BO2/c1-9(2)6-4-7(9)10(3)8(5-6)12-11-13-10/h6-8,11H,4-5H2,1-3H3/t6?,7?,8-,10?/m1/s1. The molecule has 3 saturated carbocycles. The van der Waals surface area contributed by atoms with Crippen LogP contribution in [0.15, 0.2) is 0 Å². The summed E-state index contributed by atoms with van der Waals surface area (Å²) in [6, 6.07) is 0. The largest absolute Gasteiger partial charge is 0.438 e. The zero-order valence-electron chi connectivity index (χ0n) is 8.67. The third kappa shape index (κ3) is 0.786. The summed E-state index contributed by atoms with van der Waals surface area (Å²) in [6.45, 7) is 7.01. The highest BCUT2D eigenvalue weighted by Gasteiger charge is 2.65. The van der Waals surface area contributed by atoms with Crippen molar-refractivity contribution in [3.05, 3.63) is 0 Å². The fraction of sp³-hybridized carbons (Fsp3) is 1.00. The first-order chi connectivity index (χ1) is 6.05. The van der Waals surface area contributed by atoms with Gasteiger partial charge in [0, 0.05) is 0 Å². The molecule has 0 amide bonds. The van der Waals surface area contributed by atoms with Crippen LogP contribution in [-0.4, -0.2) is 19.4 Å². The van der Waals surface area contributed by atoms with E-state index in [1.807, 2.05) is 0 Å². The summed E-state index contributed by atoms with van der Waals surface area (Å²) in [6.07, 6.45) is 2.94. The van der Waals surface area contributed by atoms with Crippen LogP contribution in [0.3, 0.4) is 0 Å². The molecule has 0 N–H and O–H groups in total. The third-order valence-electron chi connectivity index (χ3n) is 4.94. The summed E-state index contributed by atoms with van der Waals surface area (Å²) < 4.78 is 11.4. The maximum absolute atomic E-state index is 5.81. The molecule has 0 aromatic heterocycles. The highest BCUT2D eigenvalue weighted by Crippen LogP contribution is 2.65. The molecule has 1 aliphatic heterocycles. The van der Waals surface area contributed by atoms with Crippen molar-refractivity contribution in [3.8, 4) is 0 Å².